The number of hydrogen-bond donors (Lipinski definition) is 1. The summed E-state index contributed by atoms with van der Waals surface area (Å²) in [5.41, 5.74) is 4.56. The van der Waals surface area contributed by atoms with Crippen molar-refractivity contribution < 1.29 is 14.3 Å². The molecule has 2 aliphatic heterocycles. The molecule has 0 aliphatic carbocycles. The van der Waals surface area contributed by atoms with Crippen LogP contribution < -0.4 is 15.1 Å². The predicted molar refractivity (Wildman–Crippen MR) is 119 cm³/mol. The standard InChI is InChI=1S/C23H26ClN3O3/c1-15-5-3-8-20(16(15)2)27-14-17(13-21(27)28)23(29)25-19-7-4-6-18(24)22(19)26-9-11-30-12-10-26/h3-8,17H,9-14H2,1-2H3,(H,25,29). The van der Waals surface area contributed by atoms with Gasteiger partial charge in [0, 0.05) is 31.7 Å². The highest BCUT2D eigenvalue weighted by Gasteiger charge is 2.36. The van der Waals surface area contributed by atoms with Gasteiger partial charge in [-0.05, 0) is 43.2 Å². The average Bonchev–Trinajstić information content (AvgIpc) is 3.12. The smallest absolute Gasteiger partial charge is 0.229 e. The number of benzene rings is 2. The molecule has 2 fully saturated rings. The van der Waals surface area contributed by atoms with Crippen LogP contribution in [-0.2, 0) is 14.3 Å². The Morgan fingerprint density at radius 3 is 2.63 bits per heavy atom. The van der Waals surface area contributed by atoms with Crippen molar-refractivity contribution in [2.24, 2.45) is 5.92 Å². The molecule has 2 aromatic rings. The summed E-state index contributed by atoms with van der Waals surface area (Å²) >= 11 is 6.47. The Balaban J connectivity index is 1.52. The van der Waals surface area contributed by atoms with E-state index in [9.17, 15) is 9.59 Å². The van der Waals surface area contributed by atoms with Crippen LogP contribution in [-0.4, -0.2) is 44.7 Å². The van der Waals surface area contributed by atoms with Gasteiger partial charge >= 0.3 is 0 Å². The maximum atomic E-state index is 13.1. The van der Waals surface area contributed by atoms with E-state index in [2.05, 4.69) is 10.2 Å². The van der Waals surface area contributed by atoms with E-state index in [1.165, 1.54) is 0 Å². The summed E-state index contributed by atoms with van der Waals surface area (Å²) in [6, 6.07) is 11.4. The molecule has 1 unspecified atom stereocenters. The van der Waals surface area contributed by atoms with Crippen LogP contribution in [0, 0.1) is 19.8 Å². The van der Waals surface area contributed by atoms with Crippen molar-refractivity contribution in [1.29, 1.82) is 0 Å². The highest BCUT2D eigenvalue weighted by atomic mass is 35.5. The van der Waals surface area contributed by atoms with Crippen LogP contribution in [0.5, 0.6) is 0 Å². The molecule has 4 rings (SSSR count). The Morgan fingerprint density at radius 1 is 1.13 bits per heavy atom. The van der Waals surface area contributed by atoms with Gasteiger partial charge in [0.1, 0.15) is 0 Å². The Labute approximate surface area is 181 Å². The molecule has 0 spiro atoms. The van der Waals surface area contributed by atoms with Gasteiger partial charge in [-0.15, -0.1) is 0 Å². The van der Waals surface area contributed by atoms with Gasteiger partial charge in [0.2, 0.25) is 11.8 Å². The van der Waals surface area contributed by atoms with Crippen molar-refractivity contribution in [3.8, 4) is 0 Å². The topological polar surface area (TPSA) is 61.9 Å². The first kappa shape index (κ1) is 20.7. The Morgan fingerprint density at radius 2 is 1.87 bits per heavy atom. The van der Waals surface area contributed by atoms with Crippen molar-refractivity contribution in [1.82, 2.24) is 0 Å². The Kier molecular flexibility index (Phi) is 5.97. The van der Waals surface area contributed by atoms with Crippen LogP contribution in [0.4, 0.5) is 17.1 Å². The first-order chi connectivity index (χ1) is 14.5. The van der Waals surface area contributed by atoms with Gasteiger partial charge in [0.15, 0.2) is 0 Å². The maximum absolute atomic E-state index is 13.1. The molecule has 2 amide bonds. The van der Waals surface area contributed by atoms with Crippen LogP contribution in [0.15, 0.2) is 36.4 Å². The van der Waals surface area contributed by atoms with Crippen LogP contribution in [0.2, 0.25) is 5.02 Å². The largest absolute Gasteiger partial charge is 0.378 e. The molecule has 0 aromatic heterocycles. The number of ether oxygens (including phenoxy) is 1. The molecule has 0 bridgehead atoms. The molecular formula is C23H26ClN3O3. The van der Waals surface area contributed by atoms with Gasteiger partial charge in [0.05, 0.1) is 35.5 Å². The zero-order valence-electron chi connectivity index (χ0n) is 17.3. The maximum Gasteiger partial charge on any atom is 0.229 e. The van der Waals surface area contributed by atoms with Gasteiger partial charge < -0.3 is 19.9 Å². The van der Waals surface area contributed by atoms with Crippen molar-refractivity contribution in [3.63, 3.8) is 0 Å². The summed E-state index contributed by atoms with van der Waals surface area (Å²) in [5, 5.41) is 3.62. The van der Waals surface area contributed by atoms with E-state index in [1.54, 1.807) is 4.90 Å². The predicted octanol–water partition coefficient (Wildman–Crippen LogP) is 3.79. The van der Waals surface area contributed by atoms with E-state index in [1.807, 2.05) is 50.2 Å². The molecule has 2 heterocycles. The summed E-state index contributed by atoms with van der Waals surface area (Å²) in [4.78, 5) is 29.6. The molecule has 7 heteroatoms. The van der Waals surface area contributed by atoms with Gasteiger partial charge in [-0.3, -0.25) is 9.59 Å². The SMILES string of the molecule is Cc1cccc(N2CC(C(=O)Nc3cccc(Cl)c3N3CCOCC3)CC2=O)c1C. The van der Waals surface area contributed by atoms with E-state index >= 15 is 0 Å². The molecule has 158 valence electrons. The first-order valence-corrected chi connectivity index (χ1v) is 10.6. The number of para-hydroxylation sites is 1. The molecule has 2 aliphatic rings. The van der Waals surface area contributed by atoms with Crippen molar-refractivity contribution >= 4 is 40.5 Å². The van der Waals surface area contributed by atoms with Crippen LogP contribution >= 0.6 is 11.6 Å². The molecule has 1 N–H and O–H groups in total. The fourth-order valence-electron chi connectivity index (χ4n) is 4.10. The van der Waals surface area contributed by atoms with E-state index in [0.29, 0.717) is 30.5 Å². The van der Waals surface area contributed by atoms with Gasteiger partial charge in [-0.1, -0.05) is 29.8 Å². The number of hydrogen-bond acceptors (Lipinski definition) is 4. The lowest BCUT2D eigenvalue weighted by Crippen LogP contribution is -2.37. The first-order valence-electron chi connectivity index (χ1n) is 10.2. The lowest BCUT2D eigenvalue weighted by molar-refractivity contribution is -0.122. The monoisotopic (exact) mass is 427 g/mol. The van der Waals surface area contributed by atoms with Crippen LogP contribution in [0.1, 0.15) is 17.5 Å². The number of halogens is 1. The molecule has 0 radical (unpaired) electrons. The number of amides is 2. The van der Waals surface area contributed by atoms with Crippen molar-refractivity contribution in [2.45, 2.75) is 20.3 Å². The fraction of sp³-hybridized carbons (Fsp3) is 0.391. The fourth-order valence-corrected chi connectivity index (χ4v) is 4.40. The normalized spacial score (nSPS) is 19.3. The van der Waals surface area contributed by atoms with Gasteiger partial charge in [0.25, 0.3) is 0 Å². The Hall–Kier alpha value is -2.57. The summed E-state index contributed by atoms with van der Waals surface area (Å²) in [6.45, 7) is 7.09. The minimum Gasteiger partial charge on any atom is -0.378 e. The third kappa shape index (κ3) is 4.02. The molecule has 2 saturated heterocycles. The number of nitrogens with one attached hydrogen (secondary N) is 1. The number of morpholine rings is 1. The van der Waals surface area contributed by atoms with E-state index in [-0.39, 0.29) is 18.2 Å². The second-order valence-corrected chi connectivity index (χ2v) is 8.26. The summed E-state index contributed by atoms with van der Waals surface area (Å²) < 4.78 is 5.43. The van der Waals surface area contributed by atoms with Crippen molar-refractivity contribution in [3.05, 3.63) is 52.5 Å². The van der Waals surface area contributed by atoms with Crippen LogP contribution in [0.25, 0.3) is 0 Å². The lowest BCUT2D eigenvalue weighted by Gasteiger charge is -2.31. The number of carbonyl (C=O) groups is 2. The van der Waals surface area contributed by atoms with Crippen LogP contribution in [0.3, 0.4) is 0 Å². The number of nitrogens with zero attached hydrogens (tertiary/aromatic N) is 2. The highest BCUT2D eigenvalue weighted by Crippen LogP contribution is 2.36. The minimum absolute atomic E-state index is 0.0247. The van der Waals surface area contributed by atoms with E-state index < -0.39 is 5.92 Å². The molecule has 0 saturated carbocycles. The third-order valence-corrected chi connectivity index (χ3v) is 6.24. The highest BCUT2D eigenvalue weighted by molar-refractivity contribution is 6.34. The zero-order chi connectivity index (χ0) is 21.3. The minimum atomic E-state index is -0.408. The van der Waals surface area contributed by atoms with Gasteiger partial charge in [-0.25, -0.2) is 0 Å². The summed E-state index contributed by atoms with van der Waals surface area (Å²) in [6.07, 6.45) is 0.201. The molecule has 6 nitrogen and oxygen atoms in total. The van der Waals surface area contributed by atoms with E-state index in [4.69, 9.17) is 16.3 Å². The number of aryl methyl sites for hydroxylation is 1. The zero-order valence-corrected chi connectivity index (χ0v) is 18.0. The second-order valence-electron chi connectivity index (χ2n) is 7.85. The number of carbonyl (C=O) groups excluding carboxylic acids is 2. The Bertz CT molecular complexity index is 972. The number of anilines is 3. The average molecular weight is 428 g/mol. The van der Waals surface area contributed by atoms with Gasteiger partial charge in [-0.2, -0.15) is 0 Å². The molecule has 1 atom stereocenters. The summed E-state index contributed by atoms with van der Waals surface area (Å²) in [7, 11) is 0. The lowest BCUT2D eigenvalue weighted by atomic mass is 10.1. The van der Waals surface area contributed by atoms with Crippen molar-refractivity contribution in [2.75, 3.05) is 48.0 Å². The molecule has 2 aromatic carbocycles. The second kappa shape index (κ2) is 8.66. The molecule has 30 heavy (non-hydrogen) atoms. The van der Waals surface area contributed by atoms with E-state index in [0.717, 1.165) is 35.6 Å². The quantitative estimate of drug-likeness (QED) is 0.806. The summed E-state index contributed by atoms with van der Waals surface area (Å²) in [5.74, 6) is -0.592. The third-order valence-electron chi connectivity index (χ3n) is 5.93. The molecular weight excluding hydrogens is 402 g/mol. The number of rotatable bonds is 4.